The second kappa shape index (κ2) is 5.68. The Kier molecular flexibility index (Phi) is 3.75. The summed E-state index contributed by atoms with van der Waals surface area (Å²) in [6, 6.07) is 6.24. The first-order valence-electron chi connectivity index (χ1n) is 7.30. The first kappa shape index (κ1) is 13.2. The minimum atomic E-state index is 0.329. The van der Waals surface area contributed by atoms with Gasteiger partial charge in [-0.15, -0.1) is 0 Å². The quantitative estimate of drug-likeness (QED) is 0.890. The molecule has 0 spiro atoms. The van der Waals surface area contributed by atoms with Gasteiger partial charge in [-0.2, -0.15) is 5.26 Å². The minimum Gasteiger partial charge on any atom is -0.383 e. The molecule has 0 bridgehead atoms. The molecule has 0 amide bonds. The van der Waals surface area contributed by atoms with Crippen LogP contribution in [0.3, 0.4) is 0 Å². The maximum Gasteiger partial charge on any atom is 0.143 e. The zero-order valence-electron chi connectivity index (χ0n) is 11.6. The molecule has 0 aliphatic carbocycles. The Balaban J connectivity index is 1.81. The van der Waals surface area contributed by atoms with Crippen LogP contribution < -0.4 is 10.6 Å². The number of nitrogen functional groups attached to an aromatic ring is 1. The van der Waals surface area contributed by atoms with Gasteiger partial charge in [0, 0.05) is 25.1 Å². The van der Waals surface area contributed by atoms with Crippen LogP contribution in [0.2, 0.25) is 0 Å². The number of aromatic nitrogens is 1. The fraction of sp³-hybridized carbons (Fsp3) is 0.600. The minimum absolute atomic E-state index is 0.329. The molecule has 106 valence electrons. The molecule has 1 aromatic rings. The van der Waals surface area contributed by atoms with Crippen LogP contribution in [0.15, 0.2) is 12.1 Å². The van der Waals surface area contributed by atoms with E-state index < -0.39 is 0 Å². The number of pyridine rings is 1. The van der Waals surface area contributed by atoms with Gasteiger partial charge in [0.2, 0.25) is 0 Å². The fourth-order valence-corrected chi connectivity index (χ4v) is 3.35. The van der Waals surface area contributed by atoms with E-state index in [1.54, 1.807) is 6.07 Å². The average molecular weight is 272 g/mol. The highest BCUT2D eigenvalue weighted by molar-refractivity contribution is 5.55. The van der Waals surface area contributed by atoms with Crippen LogP contribution in [0.4, 0.5) is 11.6 Å². The van der Waals surface area contributed by atoms with E-state index in [-0.39, 0.29) is 0 Å². The fourth-order valence-electron chi connectivity index (χ4n) is 3.35. The maximum absolute atomic E-state index is 8.93. The summed E-state index contributed by atoms with van der Waals surface area (Å²) in [6.07, 6.45) is 4.75. The Hall–Kier alpha value is -1.80. The van der Waals surface area contributed by atoms with Gasteiger partial charge in [-0.25, -0.2) is 4.98 Å². The molecule has 2 fully saturated rings. The Morgan fingerprint density at radius 3 is 2.95 bits per heavy atom. The van der Waals surface area contributed by atoms with Crippen molar-refractivity contribution in [3.8, 4) is 6.07 Å². The Bertz CT molecular complexity index is 519. The van der Waals surface area contributed by atoms with Gasteiger partial charge in [0.25, 0.3) is 0 Å². The van der Waals surface area contributed by atoms with Gasteiger partial charge in [-0.3, -0.25) is 0 Å². The summed E-state index contributed by atoms with van der Waals surface area (Å²) in [7, 11) is 0. The lowest BCUT2D eigenvalue weighted by molar-refractivity contribution is 0.0454. The molecule has 1 aromatic heterocycles. The van der Waals surface area contributed by atoms with Gasteiger partial charge in [0.05, 0.1) is 12.2 Å². The lowest BCUT2D eigenvalue weighted by atomic mass is 9.92. The first-order valence-corrected chi connectivity index (χ1v) is 7.30. The van der Waals surface area contributed by atoms with Crippen molar-refractivity contribution >= 4 is 11.6 Å². The summed E-state index contributed by atoms with van der Waals surface area (Å²) >= 11 is 0. The zero-order chi connectivity index (χ0) is 13.9. The van der Waals surface area contributed by atoms with Gasteiger partial charge in [0.1, 0.15) is 17.7 Å². The highest BCUT2D eigenvalue weighted by Gasteiger charge is 2.33. The molecule has 2 aliphatic rings. The van der Waals surface area contributed by atoms with Crippen LogP contribution in [0.25, 0.3) is 0 Å². The normalized spacial score (nSPS) is 26.4. The predicted octanol–water partition coefficient (Wildman–Crippen LogP) is 1.93. The summed E-state index contributed by atoms with van der Waals surface area (Å²) in [4.78, 5) is 6.76. The van der Waals surface area contributed by atoms with E-state index in [1.807, 2.05) is 6.07 Å². The number of anilines is 2. The van der Waals surface area contributed by atoms with Crippen molar-refractivity contribution in [2.24, 2.45) is 5.92 Å². The zero-order valence-corrected chi connectivity index (χ0v) is 11.6. The number of hydrogen-bond donors (Lipinski definition) is 1. The highest BCUT2D eigenvalue weighted by Crippen LogP contribution is 2.33. The number of rotatable bonds is 2. The number of nitrogens with zero attached hydrogens (tertiary/aromatic N) is 3. The van der Waals surface area contributed by atoms with Crippen LogP contribution in [-0.4, -0.2) is 30.8 Å². The van der Waals surface area contributed by atoms with Crippen LogP contribution in [-0.2, 0) is 4.74 Å². The summed E-state index contributed by atoms with van der Waals surface area (Å²) in [6.45, 7) is 2.76. The molecule has 2 atom stereocenters. The van der Waals surface area contributed by atoms with Gasteiger partial charge in [0.15, 0.2) is 0 Å². The maximum atomic E-state index is 8.93. The molecular formula is C15H20N4O. The van der Waals surface area contributed by atoms with E-state index in [0.717, 1.165) is 32.0 Å². The summed E-state index contributed by atoms with van der Waals surface area (Å²) in [5.41, 5.74) is 6.29. The smallest absolute Gasteiger partial charge is 0.143 e. The van der Waals surface area contributed by atoms with Gasteiger partial charge < -0.3 is 15.4 Å². The highest BCUT2D eigenvalue weighted by atomic mass is 16.5. The van der Waals surface area contributed by atoms with Crippen molar-refractivity contribution in [2.75, 3.05) is 30.4 Å². The number of hydrogen-bond acceptors (Lipinski definition) is 5. The predicted molar refractivity (Wildman–Crippen MR) is 77.3 cm³/mol. The third-order valence-corrected chi connectivity index (χ3v) is 4.36. The molecule has 2 aliphatic heterocycles. The molecule has 3 rings (SSSR count). The molecule has 2 N–H and O–H groups in total. The molecule has 20 heavy (non-hydrogen) atoms. The summed E-state index contributed by atoms with van der Waals surface area (Å²) in [5, 5.41) is 8.93. The van der Waals surface area contributed by atoms with Crippen molar-refractivity contribution in [2.45, 2.75) is 31.7 Å². The van der Waals surface area contributed by atoms with E-state index >= 15 is 0 Å². The van der Waals surface area contributed by atoms with E-state index in [4.69, 9.17) is 15.7 Å². The van der Waals surface area contributed by atoms with E-state index in [2.05, 4.69) is 16.0 Å². The molecule has 0 saturated carbocycles. The van der Waals surface area contributed by atoms with Gasteiger partial charge in [-0.05, 0) is 37.8 Å². The molecule has 3 heterocycles. The SMILES string of the molecule is N#Cc1ccc(N2CCCC2C2CCCOC2)nc1N. The number of nitrogens with two attached hydrogens (primary N) is 1. The van der Waals surface area contributed by atoms with Crippen LogP contribution >= 0.6 is 0 Å². The van der Waals surface area contributed by atoms with E-state index in [0.29, 0.717) is 23.3 Å². The van der Waals surface area contributed by atoms with Crippen molar-refractivity contribution in [1.82, 2.24) is 4.98 Å². The standard InChI is InChI=1S/C15H20N4O/c16-9-11-5-6-14(18-15(11)17)19-7-1-4-13(19)12-3-2-8-20-10-12/h5-6,12-13H,1-4,7-8,10H2,(H2,17,18). The summed E-state index contributed by atoms with van der Waals surface area (Å²) < 4.78 is 5.62. The molecule has 5 nitrogen and oxygen atoms in total. The lowest BCUT2D eigenvalue weighted by Gasteiger charge is -2.34. The van der Waals surface area contributed by atoms with Gasteiger partial charge in [-0.1, -0.05) is 0 Å². The third kappa shape index (κ3) is 2.44. The van der Waals surface area contributed by atoms with Crippen molar-refractivity contribution in [3.05, 3.63) is 17.7 Å². The van der Waals surface area contributed by atoms with Crippen molar-refractivity contribution < 1.29 is 4.74 Å². The number of ether oxygens (including phenoxy) is 1. The largest absolute Gasteiger partial charge is 0.383 e. The summed E-state index contributed by atoms with van der Waals surface area (Å²) in [5.74, 6) is 1.81. The second-order valence-corrected chi connectivity index (χ2v) is 5.59. The number of nitriles is 1. The molecule has 0 radical (unpaired) electrons. The van der Waals surface area contributed by atoms with Crippen LogP contribution in [0.5, 0.6) is 0 Å². The van der Waals surface area contributed by atoms with Crippen LogP contribution in [0, 0.1) is 17.2 Å². The lowest BCUT2D eigenvalue weighted by Crippen LogP contribution is -2.40. The monoisotopic (exact) mass is 272 g/mol. The Morgan fingerprint density at radius 2 is 2.25 bits per heavy atom. The Morgan fingerprint density at radius 1 is 1.35 bits per heavy atom. The molecule has 0 aromatic carbocycles. The first-order chi connectivity index (χ1) is 9.79. The topological polar surface area (TPSA) is 75.2 Å². The second-order valence-electron chi connectivity index (χ2n) is 5.59. The molecular weight excluding hydrogens is 252 g/mol. The molecule has 5 heteroatoms. The Labute approximate surface area is 119 Å². The van der Waals surface area contributed by atoms with Gasteiger partial charge >= 0.3 is 0 Å². The van der Waals surface area contributed by atoms with Crippen molar-refractivity contribution in [1.29, 1.82) is 5.26 Å². The van der Waals surface area contributed by atoms with Crippen LogP contribution in [0.1, 0.15) is 31.2 Å². The van der Waals surface area contributed by atoms with Crippen molar-refractivity contribution in [3.63, 3.8) is 0 Å². The third-order valence-electron chi connectivity index (χ3n) is 4.36. The molecule has 2 saturated heterocycles. The average Bonchev–Trinajstić information content (AvgIpc) is 2.97. The molecule has 2 unspecified atom stereocenters. The van der Waals surface area contributed by atoms with E-state index in [9.17, 15) is 0 Å². The van der Waals surface area contributed by atoms with E-state index in [1.165, 1.54) is 19.3 Å².